The molecule has 1 aromatic rings. The van der Waals surface area contributed by atoms with Crippen LogP contribution in [0.2, 0.25) is 0 Å². The maximum Gasteiger partial charge on any atom is 0.0991 e. The highest BCUT2D eigenvalue weighted by atomic mass is 16.5. The normalized spacial score (nSPS) is 11.8. The Morgan fingerprint density at radius 1 is 1.56 bits per heavy atom. The van der Waals surface area contributed by atoms with Crippen molar-refractivity contribution in [3.8, 4) is 6.07 Å². The Hall–Kier alpha value is -1.63. The molecular formula is C15H20N2O. The second kappa shape index (κ2) is 7.65. The highest BCUT2D eigenvalue weighted by Gasteiger charge is 2.04. The minimum Gasteiger partial charge on any atom is -0.376 e. The van der Waals surface area contributed by atoms with Gasteiger partial charge in [-0.3, -0.25) is 0 Å². The first-order chi connectivity index (χ1) is 8.63. The van der Waals surface area contributed by atoms with Crippen LogP contribution in [0.4, 0.5) is 0 Å². The Morgan fingerprint density at radius 2 is 2.33 bits per heavy atom. The van der Waals surface area contributed by atoms with Gasteiger partial charge in [0.25, 0.3) is 0 Å². The third-order valence-corrected chi connectivity index (χ3v) is 2.56. The molecule has 1 unspecified atom stereocenters. The molecule has 1 aromatic carbocycles. The molecule has 0 aromatic heterocycles. The van der Waals surface area contributed by atoms with Gasteiger partial charge in [-0.1, -0.05) is 24.3 Å². The Kier molecular flexibility index (Phi) is 6.13. The Balaban J connectivity index is 2.34. The monoisotopic (exact) mass is 244 g/mol. The highest BCUT2D eigenvalue weighted by molar-refractivity contribution is 5.33. The molecule has 3 heteroatoms. The van der Waals surface area contributed by atoms with Gasteiger partial charge in [0.15, 0.2) is 0 Å². The summed E-state index contributed by atoms with van der Waals surface area (Å²) in [7, 11) is 0. The third kappa shape index (κ3) is 5.13. The van der Waals surface area contributed by atoms with Crippen LogP contribution >= 0.6 is 0 Å². The second-order valence-electron chi connectivity index (χ2n) is 4.42. The maximum atomic E-state index is 8.84. The summed E-state index contributed by atoms with van der Waals surface area (Å²) in [6, 6.07) is 10.0. The quantitative estimate of drug-likeness (QED) is 0.592. The zero-order valence-corrected chi connectivity index (χ0v) is 11.1. The largest absolute Gasteiger partial charge is 0.376 e. The van der Waals surface area contributed by atoms with Gasteiger partial charge < -0.3 is 10.1 Å². The molecule has 0 aliphatic carbocycles. The van der Waals surface area contributed by atoms with Crippen LogP contribution in [0.5, 0.6) is 0 Å². The van der Waals surface area contributed by atoms with Gasteiger partial charge in [-0.15, -0.1) is 0 Å². The summed E-state index contributed by atoms with van der Waals surface area (Å²) >= 11 is 0. The van der Waals surface area contributed by atoms with Gasteiger partial charge in [0.2, 0.25) is 0 Å². The molecule has 0 bridgehead atoms. The van der Waals surface area contributed by atoms with Crippen molar-refractivity contribution in [3.63, 3.8) is 0 Å². The molecule has 0 heterocycles. The van der Waals surface area contributed by atoms with Crippen molar-refractivity contribution < 1.29 is 4.74 Å². The number of ether oxygens (including phenoxy) is 1. The van der Waals surface area contributed by atoms with E-state index in [1.807, 2.05) is 31.2 Å². The molecule has 0 amide bonds. The Labute approximate surface area is 109 Å². The Morgan fingerprint density at radius 3 is 3.00 bits per heavy atom. The average Bonchev–Trinajstić information content (AvgIpc) is 2.37. The van der Waals surface area contributed by atoms with E-state index in [0.717, 1.165) is 17.7 Å². The van der Waals surface area contributed by atoms with E-state index in [-0.39, 0.29) is 6.04 Å². The third-order valence-electron chi connectivity index (χ3n) is 2.56. The lowest BCUT2D eigenvalue weighted by atomic mass is 10.1. The van der Waals surface area contributed by atoms with Crippen LogP contribution < -0.4 is 5.32 Å². The SMILES string of the molecule is C=C(C)COCCNC(C)c1cccc(C#N)c1. The summed E-state index contributed by atoms with van der Waals surface area (Å²) in [5.41, 5.74) is 2.85. The zero-order chi connectivity index (χ0) is 13.4. The van der Waals surface area contributed by atoms with Crippen molar-refractivity contribution in [2.24, 2.45) is 0 Å². The number of benzene rings is 1. The summed E-state index contributed by atoms with van der Waals surface area (Å²) in [4.78, 5) is 0. The number of hydrogen-bond acceptors (Lipinski definition) is 3. The van der Waals surface area contributed by atoms with Crippen molar-refractivity contribution in [3.05, 3.63) is 47.5 Å². The fourth-order valence-electron chi connectivity index (χ4n) is 1.59. The lowest BCUT2D eigenvalue weighted by Gasteiger charge is -2.14. The lowest BCUT2D eigenvalue weighted by molar-refractivity contribution is 0.156. The van der Waals surface area contributed by atoms with Gasteiger partial charge in [0, 0.05) is 12.6 Å². The predicted octanol–water partition coefficient (Wildman–Crippen LogP) is 2.80. The van der Waals surface area contributed by atoms with Gasteiger partial charge in [-0.2, -0.15) is 5.26 Å². The topological polar surface area (TPSA) is 45.0 Å². The lowest BCUT2D eigenvalue weighted by Crippen LogP contribution is -2.23. The van der Waals surface area contributed by atoms with E-state index < -0.39 is 0 Å². The molecule has 18 heavy (non-hydrogen) atoms. The van der Waals surface area contributed by atoms with Crippen LogP contribution in [0.3, 0.4) is 0 Å². The molecule has 0 radical (unpaired) electrons. The van der Waals surface area contributed by atoms with E-state index >= 15 is 0 Å². The molecule has 1 N–H and O–H groups in total. The van der Waals surface area contributed by atoms with Crippen molar-refractivity contribution >= 4 is 0 Å². The highest BCUT2D eigenvalue weighted by Crippen LogP contribution is 2.13. The Bertz CT molecular complexity index is 434. The zero-order valence-electron chi connectivity index (χ0n) is 11.1. The van der Waals surface area contributed by atoms with Gasteiger partial charge in [-0.25, -0.2) is 0 Å². The second-order valence-corrected chi connectivity index (χ2v) is 4.42. The van der Waals surface area contributed by atoms with Crippen LogP contribution in [0.1, 0.15) is 31.0 Å². The average molecular weight is 244 g/mol. The van der Waals surface area contributed by atoms with E-state index in [2.05, 4.69) is 24.9 Å². The standard InChI is InChI=1S/C15H20N2O/c1-12(2)11-18-8-7-17-13(3)15-6-4-5-14(9-15)10-16/h4-6,9,13,17H,1,7-8,11H2,2-3H3. The molecule has 1 rings (SSSR count). The summed E-state index contributed by atoms with van der Waals surface area (Å²) in [5, 5.41) is 12.2. The van der Waals surface area contributed by atoms with Crippen molar-refractivity contribution in [1.82, 2.24) is 5.32 Å². The minimum atomic E-state index is 0.215. The summed E-state index contributed by atoms with van der Waals surface area (Å²) in [6.45, 7) is 9.86. The summed E-state index contributed by atoms with van der Waals surface area (Å²) in [5.74, 6) is 0. The fraction of sp³-hybridized carbons (Fsp3) is 0.400. The molecule has 0 spiro atoms. The van der Waals surface area contributed by atoms with Crippen LogP contribution in [0.25, 0.3) is 0 Å². The van der Waals surface area contributed by atoms with Crippen LogP contribution in [0, 0.1) is 11.3 Å². The van der Waals surface area contributed by atoms with Gasteiger partial charge in [0.05, 0.1) is 24.8 Å². The molecule has 3 nitrogen and oxygen atoms in total. The first kappa shape index (κ1) is 14.4. The maximum absolute atomic E-state index is 8.84. The predicted molar refractivity (Wildman–Crippen MR) is 73.2 cm³/mol. The van der Waals surface area contributed by atoms with E-state index in [1.54, 1.807) is 0 Å². The molecule has 96 valence electrons. The molecule has 0 fully saturated rings. The summed E-state index contributed by atoms with van der Waals surface area (Å²) in [6.07, 6.45) is 0. The van der Waals surface area contributed by atoms with Gasteiger partial charge in [-0.05, 0) is 31.5 Å². The number of nitrogens with zero attached hydrogens (tertiary/aromatic N) is 1. The number of nitriles is 1. The van der Waals surface area contributed by atoms with Crippen molar-refractivity contribution in [1.29, 1.82) is 5.26 Å². The van der Waals surface area contributed by atoms with E-state index in [1.165, 1.54) is 0 Å². The number of nitrogens with one attached hydrogen (secondary N) is 1. The van der Waals surface area contributed by atoms with Gasteiger partial charge >= 0.3 is 0 Å². The summed E-state index contributed by atoms with van der Waals surface area (Å²) < 4.78 is 5.41. The van der Waals surface area contributed by atoms with Crippen LogP contribution in [-0.2, 0) is 4.74 Å². The van der Waals surface area contributed by atoms with E-state index in [9.17, 15) is 0 Å². The molecular weight excluding hydrogens is 224 g/mol. The first-order valence-corrected chi connectivity index (χ1v) is 6.09. The molecule has 0 saturated carbocycles. The molecule has 0 saturated heterocycles. The van der Waals surface area contributed by atoms with Crippen LogP contribution in [-0.4, -0.2) is 19.8 Å². The molecule has 1 atom stereocenters. The molecule has 0 aliphatic heterocycles. The first-order valence-electron chi connectivity index (χ1n) is 6.09. The van der Waals surface area contributed by atoms with Gasteiger partial charge in [0.1, 0.15) is 0 Å². The number of rotatable bonds is 7. The smallest absolute Gasteiger partial charge is 0.0991 e. The van der Waals surface area contributed by atoms with E-state index in [4.69, 9.17) is 10.00 Å². The molecule has 0 aliphatic rings. The fourth-order valence-corrected chi connectivity index (χ4v) is 1.59. The number of hydrogen-bond donors (Lipinski definition) is 1. The minimum absolute atomic E-state index is 0.215. The van der Waals surface area contributed by atoms with Crippen molar-refractivity contribution in [2.75, 3.05) is 19.8 Å². The van der Waals surface area contributed by atoms with Crippen LogP contribution in [0.15, 0.2) is 36.4 Å². The van der Waals surface area contributed by atoms with Crippen molar-refractivity contribution in [2.45, 2.75) is 19.9 Å². The van der Waals surface area contributed by atoms with E-state index in [0.29, 0.717) is 18.8 Å².